The van der Waals surface area contributed by atoms with Crippen LogP contribution in [0.25, 0.3) is 0 Å². The highest BCUT2D eigenvalue weighted by atomic mass is 16.3. The van der Waals surface area contributed by atoms with Crippen molar-refractivity contribution in [1.82, 2.24) is 15.1 Å². The first-order valence-electron chi connectivity index (χ1n) is 8.26. The van der Waals surface area contributed by atoms with Gasteiger partial charge in [-0.1, -0.05) is 6.92 Å². The summed E-state index contributed by atoms with van der Waals surface area (Å²) in [7, 11) is 2.28. The summed E-state index contributed by atoms with van der Waals surface area (Å²) in [5.41, 5.74) is 0.474. The molecule has 0 aliphatic carbocycles. The van der Waals surface area contributed by atoms with Crippen LogP contribution in [0.2, 0.25) is 0 Å². The Balaban J connectivity index is 1.67. The van der Waals surface area contributed by atoms with Crippen LogP contribution in [0.4, 0.5) is 0 Å². The lowest BCUT2D eigenvalue weighted by molar-refractivity contribution is 0.0878. The molecule has 0 radical (unpaired) electrons. The van der Waals surface area contributed by atoms with Gasteiger partial charge in [0.2, 0.25) is 0 Å². The number of nitrogens with zero attached hydrogens (tertiary/aromatic N) is 2. The molecule has 2 heterocycles. The molecule has 0 bridgehead atoms. The van der Waals surface area contributed by atoms with E-state index in [0.717, 1.165) is 25.6 Å². The van der Waals surface area contributed by atoms with Gasteiger partial charge in [0.25, 0.3) is 0 Å². The van der Waals surface area contributed by atoms with E-state index in [1.165, 1.54) is 45.4 Å². The molecule has 2 aliphatic heterocycles. The second-order valence-electron chi connectivity index (χ2n) is 7.53. The van der Waals surface area contributed by atoms with E-state index in [-0.39, 0.29) is 6.10 Å². The van der Waals surface area contributed by atoms with Crippen LogP contribution in [-0.4, -0.2) is 73.9 Å². The maximum Gasteiger partial charge on any atom is 0.0639 e. The number of piperidine rings is 1. The molecule has 4 nitrogen and oxygen atoms in total. The number of rotatable bonds is 6. The molecule has 2 fully saturated rings. The van der Waals surface area contributed by atoms with Gasteiger partial charge in [-0.05, 0) is 64.2 Å². The summed E-state index contributed by atoms with van der Waals surface area (Å²) >= 11 is 0. The van der Waals surface area contributed by atoms with Crippen LogP contribution in [-0.2, 0) is 0 Å². The van der Waals surface area contributed by atoms with E-state index in [0.29, 0.717) is 5.41 Å². The van der Waals surface area contributed by atoms with E-state index in [9.17, 15) is 5.11 Å². The van der Waals surface area contributed by atoms with Gasteiger partial charge in [0.15, 0.2) is 0 Å². The van der Waals surface area contributed by atoms with Crippen LogP contribution in [0.3, 0.4) is 0 Å². The molecule has 0 aromatic carbocycles. The molecule has 0 spiro atoms. The van der Waals surface area contributed by atoms with Crippen molar-refractivity contribution in [3.05, 3.63) is 0 Å². The lowest BCUT2D eigenvalue weighted by Gasteiger charge is -2.36. The Bertz CT molecular complexity index is 281. The summed E-state index contributed by atoms with van der Waals surface area (Å²) in [4.78, 5) is 4.95. The third-order valence-corrected chi connectivity index (χ3v) is 4.91. The molecular weight excluding hydrogens is 250 g/mol. The number of nitrogens with one attached hydrogen (secondary N) is 1. The maximum atomic E-state index is 9.45. The highest BCUT2D eigenvalue weighted by Gasteiger charge is 2.30. The predicted molar refractivity (Wildman–Crippen MR) is 83.9 cm³/mol. The van der Waals surface area contributed by atoms with Crippen molar-refractivity contribution >= 4 is 0 Å². The van der Waals surface area contributed by atoms with Crippen LogP contribution < -0.4 is 5.32 Å². The Morgan fingerprint density at radius 2 is 2.10 bits per heavy atom. The van der Waals surface area contributed by atoms with E-state index < -0.39 is 0 Å². The van der Waals surface area contributed by atoms with E-state index in [1.807, 2.05) is 6.92 Å². The molecular formula is C16H33N3O. The minimum atomic E-state index is -0.191. The molecule has 20 heavy (non-hydrogen) atoms. The zero-order chi connectivity index (χ0) is 14.6. The van der Waals surface area contributed by atoms with Crippen LogP contribution >= 0.6 is 0 Å². The fourth-order valence-electron chi connectivity index (χ4n) is 3.89. The third kappa shape index (κ3) is 4.99. The molecule has 2 N–H and O–H groups in total. The number of aliphatic hydroxyl groups excluding tert-OH is 1. The fraction of sp³-hybridized carbons (Fsp3) is 1.00. The molecule has 118 valence electrons. The Morgan fingerprint density at radius 3 is 2.65 bits per heavy atom. The van der Waals surface area contributed by atoms with Gasteiger partial charge in [-0.3, -0.25) is 0 Å². The first-order valence-corrected chi connectivity index (χ1v) is 8.26. The van der Waals surface area contributed by atoms with Gasteiger partial charge < -0.3 is 20.2 Å². The largest absolute Gasteiger partial charge is 0.392 e. The average Bonchev–Trinajstić information content (AvgIpc) is 2.77. The molecule has 0 saturated carbocycles. The third-order valence-electron chi connectivity index (χ3n) is 4.91. The minimum absolute atomic E-state index is 0.191. The monoisotopic (exact) mass is 283 g/mol. The highest BCUT2D eigenvalue weighted by molar-refractivity contribution is 4.86. The van der Waals surface area contributed by atoms with Crippen LogP contribution in [0.5, 0.6) is 0 Å². The molecule has 2 aliphatic rings. The summed E-state index contributed by atoms with van der Waals surface area (Å²) in [6, 6.07) is 0. The van der Waals surface area contributed by atoms with Crippen molar-refractivity contribution in [3.8, 4) is 0 Å². The standard InChI is InChI=1S/C16H33N3O/c1-14(20)10-19-8-4-15(5-9-19)11-18(3)13-16(2)6-7-17-12-16/h14-15,17,20H,4-13H2,1-3H3. The first kappa shape index (κ1) is 16.2. The number of hydrogen-bond donors (Lipinski definition) is 2. The molecule has 4 heteroatoms. The molecule has 0 aromatic heterocycles. The van der Waals surface area contributed by atoms with Gasteiger partial charge in [0.05, 0.1) is 6.10 Å². The predicted octanol–water partition coefficient (Wildman–Crippen LogP) is 1.01. The number of likely N-dealkylation sites (tertiary alicyclic amines) is 1. The Morgan fingerprint density at radius 1 is 1.40 bits per heavy atom. The van der Waals surface area contributed by atoms with E-state index >= 15 is 0 Å². The molecule has 2 unspecified atom stereocenters. The molecule has 0 amide bonds. The Hall–Kier alpha value is -0.160. The van der Waals surface area contributed by atoms with Crippen LogP contribution in [0.1, 0.15) is 33.1 Å². The lowest BCUT2D eigenvalue weighted by atomic mass is 9.88. The minimum Gasteiger partial charge on any atom is -0.392 e. The second kappa shape index (κ2) is 7.21. The van der Waals surface area contributed by atoms with Gasteiger partial charge in [0.1, 0.15) is 0 Å². The van der Waals surface area contributed by atoms with Crippen molar-refractivity contribution in [2.45, 2.75) is 39.2 Å². The van der Waals surface area contributed by atoms with Gasteiger partial charge in [-0.15, -0.1) is 0 Å². The van der Waals surface area contributed by atoms with Crippen molar-refractivity contribution < 1.29 is 5.11 Å². The van der Waals surface area contributed by atoms with E-state index in [4.69, 9.17) is 0 Å². The van der Waals surface area contributed by atoms with Crippen molar-refractivity contribution in [3.63, 3.8) is 0 Å². The van der Waals surface area contributed by atoms with E-state index in [2.05, 4.69) is 29.1 Å². The smallest absolute Gasteiger partial charge is 0.0639 e. The Kier molecular flexibility index (Phi) is 5.84. The van der Waals surface area contributed by atoms with Gasteiger partial charge >= 0.3 is 0 Å². The average molecular weight is 283 g/mol. The fourth-order valence-corrected chi connectivity index (χ4v) is 3.89. The number of aliphatic hydroxyl groups is 1. The summed E-state index contributed by atoms with van der Waals surface area (Å²) in [5.74, 6) is 0.836. The van der Waals surface area contributed by atoms with Crippen molar-refractivity contribution in [1.29, 1.82) is 0 Å². The van der Waals surface area contributed by atoms with Crippen molar-refractivity contribution in [2.75, 3.05) is 52.9 Å². The number of hydrogen-bond acceptors (Lipinski definition) is 4. The Labute approximate surface area is 124 Å². The summed E-state index contributed by atoms with van der Waals surface area (Å²) in [5, 5.41) is 12.9. The van der Waals surface area contributed by atoms with E-state index in [1.54, 1.807) is 0 Å². The van der Waals surface area contributed by atoms with Crippen LogP contribution in [0.15, 0.2) is 0 Å². The first-order chi connectivity index (χ1) is 9.47. The van der Waals surface area contributed by atoms with Gasteiger partial charge in [-0.25, -0.2) is 0 Å². The number of β-amino-alcohol motifs (C(OH)–C–C–N with tert-alkyl or cyclic N) is 1. The zero-order valence-corrected chi connectivity index (χ0v) is 13.6. The highest BCUT2D eigenvalue weighted by Crippen LogP contribution is 2.26. The molecule has 0 aromatic rings. The second-order valence-corrected chi connectivity index (χ2v) is 7.53. The zero-order valence-electron chi connectivity index (χ0n) is 13.6. The summed E-state index contributed by atoms with van der Waals surface area (Å²) < 4.78 is 0. The normalized spacial score (nSPS) is 31.1. The van der Waals surface area contributed by atoms with Gasteiger partial charge in [-0.2, -0.15) is 0 Å². The molecule has 2 rings (SSSR count). The topological polar surface area (TPSA) is 38.7 Å². The van der Waals surface area contributed by atoms with Crippen LogP contribution in [0, 0.1) is 11.3 Å². The SMILES string of the molecule is CC(O)CN1CCC(CN(C)CC2(C)CCNC2)CC1. The molecule has 2 atom stereocenters. The summed E-state index contributed by atoms with van der Waals surface area (Å²) in [6.07, 6.45) is 3.69. The maximum absolute atomic E-state index is 9.45. The lowest BCUT2D eigenvalue weighted by Crippen LogP contribution is -2.42. The quantitative estimate of drug-likeness (QED) is 0.763. The van der Waals surface area contributed by atoms with Gasteiger partial charge in [0, 0.05) is 26.2 Å². The summed E-state index contributed by atoms with van der Waals surface area (Å²) in [6.45, 7) is 12.2. The van der Waals surface area contributed by atoms with Crippen molar-refractivity contribution in [2.24, 2.45) is 11.3 Å². The molecule has 2 saturated heterocycles.